The van der Waals surface area contributed by atoms with Gasteiger partial charge < -0.3 is 25.3 Å². The molecule has 0 aliphatic rings. The number of anilines is 2. The Bertz CT molecular complexity index is 915. The van der Waals surface area contributed by atoms with Gasteiger partial charge in [0.1, 0.15) is 11.6 Å². The Labute approximate surface area is 152 Å². The summed E-state index contributed by atoms with van der Waals surface area (Å²) in [5.74, 6) is 2.91. The number of nitrogens with two attached hydrogens (primary N) is 1. The van der Waals surface area contributed by atoms with Crippen molar-refractivity contribution < 1.29 is 14.2 Å². The summed E-state index contributed by atoms with van der Waals surface area (Å²) < 4.78 is 16.0. The zero-order chi connectivity index (χ0) is 18.5. The van der Waals surface area contributed by atoms with Gasteiger partial charge in [-0.05, 0) is 24.1 Å². The molecule has 0 aliphatic carbocycles. The maximum absolute atomic E-state index is 6.09. The van der Waals surface area contributed by atoms with Crippen LogP contribution in [-0.2, 0) is 6.42 Å². The lowest BCUT2D eigenvalue weighted by Crippen LogP contribution is -2.10. The fourth-order valence-corrected chi connectivity index (χ4v) is 2.78. The molecule has 1 heterocycles. The van der Waals surface area contributed by atoms with E-state index in [1.54, 1.807) is 33.5 Å². The van der Waals surface area contributed by atoms with Crippen molar-refractivity contribution >= 4 is 22.7 Å². The van der Waals surface area contributed by atoms with Crippen LogP contribution in [0.2, 0.25) is 0 Å². The Morgan fingerprint density at radius 3 is 2.35 bits per heavy atom. The number of nitrogens with zero attached hydrogens (tertiary/aromatic N) is 2. The van der Waals surface area contributed by atoms with Crippen LogP contribution in [0.5, 0.6) is 17.2 Å². The van der Waals surface area contributed by atoms with Crippen molar-refractivity contribution in [2.75, 3.05) is 38.9 Å². The number of nitrogens with one attached hydrogen (secondary N) is 1. The summed E-state index contributed by atoms with van der Waals surface area (Å²) in [6.45, 7) is 0.651. The fraction of sp³-hybridized carbons (Fsp3) is 0.263. The molecule has 26 heavy (non-hydrogen) atoms. The normalized spacial score (nSPS) is 10.6. The first-order chi connectivity index (χ1) is 12.7. The van der Waals surface area contributed by atoms with Crippen LogP contribution in [0.15, 0.2) is 36.4 Å². The molecule has 0 atom stereocenters. The molecule has 0 bridgehead atoms. The van der Waals surface area contributed by atoms with Crippen molar-refractivity contribution in [2.24, 2.45) is 0 Å². The largest absolute Gasteiger partial charge is 0.496 e. The summed E-state index contributed by atoms with van der Waals surface area (Å²) in [6, 6.07) is 11.5. The Morgan fingerprint density at radius 1 is 0.923 bits per heavy atom. The highest BCUT2D eigenvalue weighted by Gasteiger charge is 2.11. The number of benzene rings is 2. The average molecular weight is 354 g/mol. The first-order valence-electron chi connectivity index (χ1n) is 8.21. The number of aromatic nitrogens is 2. The topological polar surface area (TPSA) is 91.5 Å². The highest BCUT2D eigenvalue weighted by Crippen LogP contribution is 2.33. The van der Waals surface area contributed by atoms with Gasteiger partial charge in [-0.25, -0.2) is 4.98 Å². The predicted octanol–water partition coefficient (Wildman–Crippen LogP) is 2.89. The smallest absolute Gasteiger partial charge is 0.225 e. The van der Waals surface area contributed by atoms with E-state index in [9.17, 15) is 0 Å². The molecule has 3 aromatic rings. The number of rotatable bonds is 7. The molecule has 0 unspecified atom stereocenters. The van der Waals surface area contributed by atoms with Gasteiger partial charge in [-0.1, -0.05) is 18.2 Å². The van der Waals surface area contributed by atoms with Crippen LogP contribution >= 0.6 is 0 Å². The van der Waals surface area contributed by atoms with Gasteiger partial charge >= 0.3 is 0 Å². The van der Waals surface area contributed by atoms with E-state index in [1.807, 2.05) is 24.3 Å². The summed E-state index contributed by atoms with van der Waals surface area (Å²) in [6.07, 6.45) is 0.775. The number of methoxy groups -OCH3 is 3. The maximum atomic E-state index is 6.09. The van der Waals surface area contributed by atoms with Crippen LogP contribution < -0.4 is 25.3 Å². The van der Waals surface area contributed by atoms with Crippen molar-refractivity contribution in [3.8, 4) is 17.2 Å². The minimum atomic E-state index is 0.385. The van der Waals surface area contributed by atoms with E-state index in [0.29, 0.717) is 35.3 Å². The van der Waals surface area contributed by atoms with E-state index in [1.165, 1.54) is 0 Å². The van der Waals surface area contributed by atoms with Crippen molar-refractivity contribution in [2.45, 2.75) is 6.42 Å². The second-order valence-corrected chi connectivity index (χ2v) is 5.65. The second-order valence-electron chi connectivity index (χ2n) is 5.65. The molecule has 1 aromatic heterocycles. The number of hydrogen-bond donors (Lipinski definition) is 2. The second kappa shape index (κ2) is 7.77. The van der Waals surface area contributed by atoms with Crippen LogP contribution in [0.1, 0.15) is 5.56 Å². The molecule has 7 nitrogen and oxygen atoms in total. The quantitative estimate of drug-likeness (QED) is 0.674. The lowest BCUT2D eigenvalue weighted by Gasteiger charge is -2.12. The van der Waals surface area contributed by atoms with Gasteiger partial charge in [0.05, 0.1) is 26.8 Å². The van der Waals surface area contributed by atoms with Crippen LogP contribution in [-0.4, -0.2) is 37.8 Å². The molecule has 2 aromatic carbocycles. The molecule has 3 rings (SSSR count). The number of hydrogen-bond acceptors (Lipinski definition) is 7. The first kappa shape index (κ1) is 17.6. The Kier molecular flexibility index (Phi) is 5.26. The zero-order valence-electron chi connectivity index (χ0n) is 15.1. The Balaban J connectivity index is 1.80. The fourth-order valence-electron chi connectivity index (χ4n) is 2.78. The van der Waals surface area contributed by atoms with Gasteiger partial charge in [0, 0.05) is 18.0 Å². The van der Waals surface area contributed by atoms with Crippen molar-refractivity contribution in [3.05, 3.63) is 42.0 Å². The molecule has 0 fully saturated rings. The third-order valence-corrected chi connectivity index (χ3v) is 4.10. The monoisotopic (exact) mass is 354 g/mol. The van der Waals surface area contributed by atoms with Crippen LogP contribution in [0.3, 0.4) is 0 Å². The van der Waals surface area contributed by atoms with Gasteiger partial charge in [-0.2, -0.15) is 4.98 Å². The van der Waals surface area contributed by atoms with Crippen molar-refractivity contribution in [3.63, 3.8) is 0 Å². The van der Waals surface area contributed by atoms with Gasteiger partial charge in [-0.3, -0.25) is 0 Å². The van der Waals surface area contributed by atoms with E-state index in [2.05, 4.69) is 15.3 Å². The summed E-state index contributed by atoms with van der Waals surface area (Å²) in [5, 5.41) is 3.93. The maximum Gasteiger partial charge on any atom is 0.225 e. The molecule has 0 radical (unpaired) electrons. The molecule has 0 spiro atoms. The predicted molar refractivity (Wildman–Crippen MR) is 102 cm³/mol. The SMILES string of the molecule is COc1ccccc1CCNc1nc(N)c2cc(OC)c(OC)cc2n1. The lowest BCUT2D eigenvalue weighted by molar-refractivity contribution is 0.356. The van der Waals surface area contributed by atoms with Gasteiger partial charge in [0.2, 0.25) is 5.95 Å². The van der Waals surface area contributed by atoms with Crippen molar-refractivity contribution in [1.29, 1.82) is 0 Å². The number of ether oxygens (including phenoxy) is 3. The first-order valence-corrected chi connectivity index (χ1v) is 8.21. The minimum absolute atomic E-state index is 0.385. The summed E-state index contributed by atoms with van der Waals surface area (Å²) in [5.41, 5.74) is 7.90. The van der Waals surface area contributed by atoms with Crippen LogP contribution in [0.4, 0.5) is 11.8 Å². The van der Waals surface area contributed by atoms with Gasteiger partial charge in [-0.15, -0.1) is 0 Å². The van der Waals surface area contributed by atoms with Crippen molar-refractivity contribution in [1.82, 2.24) is 9.97 Å². The molecule has 3 N–H and O–H groups in total. The highest BCUT2D eigenvalue weighted by atomic mass is 16.5. The van der Waals surface area contributed by atoms with E-state index in [4.69, 9.17) is 19.9 Å². The molecule has 7 heteroatoms. The Morgan fingerprint density at radius 2 is 1.62 bits per heavy atom. The third kappa shape index (κ3) is 3.56. The lowest BCUT2D eigenvalue weighted by atomic mass is 10.1. The molecule has 0 saturated carbocycles. The average Bonchev–Trinajstić information content (AvgIpc) is 2.67. The Hall–Kier alpha value is -3.22. The molecule has 0 aliphatic heterocycles. The molecular weight excluding hydrogens is 332 g/mol. The summed E-state index contributed by atoms with van der Waals surface area (Å²) >= 11 is 0. The number of para-hydroxylation sites is 1. The van der Waals surface area contributed by atoms with Crippen LogP contribution in [0.25, 0.3) is 10.9 Å². The van der Waals surface area contributed by atoms with Gasteiger partial charge in [0.15, 0.2) is 11.5 Å². The van der Waals surface area contributed by atoms with E-state index in [0.717, 1.165) is 23.1 Å². The van der Waals surface area contributed by atoms with E-state index >= 15 is 0 Å². The molecule has 0 amide bonds. The minimum Gasteiger partial charge on any atom is -0.496 e. The van der Waals surface area contributed by atoms with E-state index < -0.39 is 0 Å². The van der Waals surface area contributed by atoms with Crippen LogP contribution in [0, 0.1) is 0 Å². The molecular formula is C19H22N4O3. The molecule has 0 saturated heterocycles. The summed E-state index contributed by atoms with van der Waals surface area (Å²) in [4.78, 5) is 8.86. The summed E-state index contributed by atoms with van der Waals surface area (Å²) in [7, 11) is 4.83. The number of nitrogen functional groups attached to an aromatic ring is 1. The third-order valence-electron chi connectivity index (χ3n) is 4.10. The zero-order valence-corrected chi connectivity index (χ0v) is 15.1. The molecule has 136 valence electrons. The number of fused-ring (bicyclic) bond motifs is 1. The van der Waals surface area contributed by atoms with Gasteiger partial charge in [0.25, 0.3) is 0 Å². The van der Waals surface area contributed by atoms with E-state index in [-0.39, 0.29) is 0 Å². The standard InChI is InChI=1S/C19H22N4O3/c1-24-15-7-5-4-6-12(15)8-9-21-19-22-14-11-17(26-3)16(25-2)10-13(14)18(20)23-19/h4-7,10-11H,8-9H2,1-3H3,(H3,20,21,22,23). The highest BCUT2D eigenvalue weighted by molar-refractivity contribution is 5.91.